The molecule has 1 rings (SSSR count). The zero-order valence-corrected chi connectivity index (χ0v) is 9.56. The monoisotopic (exact) mass is 272 g/mol. The number of anilines is 1. The summed E-state index contributed by atoms with van der Waals surface area (Å²) in [6.45, 7) is 1.35. The third-order valence-electron chi connectivity index (χ3n) is 2.12. The molecule has 0 aliphatic rings. The maximum atomic E-state index is 10.9. The molecule has 0 saturated carbocycles. The van der Waals surface area contributed by atoms with Crippen LogP contribution in [0.2, 0.25) is 0 Å². The lowest BCUT2D eigenvalue weighted by Gasteiger charge is -2.07. The van der Waals surface area contributed by atoms with Crippen LogP contribution in [0.4, 0.5) is 22.7 Å². The summed E-state index contributed by atoms with van der Waals surface area (Å²) < 4.78 is 4.82. The molecule has 11 nitrogen and oxygen atoms in total. The summed E-state index contributed by atoms with van der Waals surface area (Å²) in [6, 6.07) is 0.535. The number of nitrogen functional groups attached to an aromatic ring is 1. The van der Waals surface area contributed by atoms with E-state index in [1.54, 1.807) is 0 Å². The molecular weight excluding hydrogens is 264 g/mol. The van der Waals surface area contributed by atoms with Crippen molar-refractivity contribution in [1.29, 1.82) is 0 Å². The molecule has 1 aromatic carbocycles. The van der Waals surface area contributed by atoms with Gasteiger partial charge in [0, 0.05) is 0 Å². The molecule has 0 atom stereocenters. The largest absolute Gasteiger partial charge is 0.482 e. The SMILES string of the molecule is CCOc1c([N+](=O)[O-])cc([N+](=O)[O-])c(N)c1[N+](=O)[O-]. The average molecular weight is 272 g/mol. The van der Waals surface area contributed by atoms with Crippen LogP contribution in [0.3, 0.4) is 0 Å². The Hall–Kier alpha value is -2.98. The summed E-state index contributed by atoms with van der Waals surface area (Å²) in [5, 5.41) is 32.3. The molecule has 102 valence electrons. The Bertz CT molecular complexity index is 571. The second-order valence-electron chi connectivity index (χ2n) is 3.21. The average Bonchev–Trinajstić information content (AvgIpc) is 2.27. The van der Waals surface area contributed by atoms with Gasteiger partial charge in [-0.2, -0.15) is 0 Å². The lowest BCUT2D eigenvalue weighted by molar-refractivity contribution is -0.403. The molecule has 0 unspecified atom stereocenters. The molecule has 0 amide bonds. The molecule has 0 aromatic heterocycles. The van der Waals surface area contributed by atoms with E-state index in [2.05, 4.69) is 0 Å². The topological polar surface area (TPSA) is 165 Å². The highest BCUT2D eigenvalue weighted by molar-refractivity contribution is 5.81. The Morgan fingerprint density at radius 1 is 1.11 bits per heavy atom. The molecule has 0 aliphatic carbocycles. The van der Waals surface area contributed by atoms with Gasteiger partial charge in [-0.05, 0) is 6.92 Å². The zero-order chi connectivity index (χ0) is 14.7. The van der Waals surface area contributed by atoms with E-state index in [0.717, 1.165) is 0 Å². The lowest BCUT2D eigenvalue weighted by Crippen LogP contribution is -2.07. The Kier molecular flexibility index (Phi) is 3.79. The van der Waals surface area contributed by atoms with E-state index in [1.807, 2.05) is 0 Å². The van der Waals surface area contributed by atoms with Crippen LogP contribution < -0.4 is 10.5 Å². The summed E-state index contributed by atoms with van der Waals surface area (Å²) in [5.74, 6) is -0.694. The molecule has 0 aliphatic heterocycles. The molecule has 2 N–H and O–H groups in total. The van der Waals surface area contributed by atoms with E-state index in [4.69, 9.17) is 10.5 Å². The molecule has 19 heavy (non-hydrogen) atoms. The number of benzene rings is 1. The lowest BCUT2D eigenvalue weighted by atomic mass is 10.2. The van der Waals surface area contributed by atoms with Gasteiger partial charge < -0.3 is 10.5 Å². The van der Waals surface area contributed by atoms with E-state index in [-0.39, 0.29) is 6.61 Å². The number of ether oxygens (including phenoxy) is 1. The normalized spacial score (nSPS) is 9.95. The van der Waals surface area contributed by atoms with E-state index < -0.39 is 43.3 Å². The predicted octanol–water partition coefficient (Wildman–Crippen LogP) is 1.39. The Morgan fingerprint density at radius 2 is 1.63 bits per heavy atom. The first-order valence-corrected chi connectivity index (χ1v) is 4.83. The minimum absolute atomic E-state index is 0.0983. The molecule has 0 bridgehead atoms. The molecule has 0 saturated heterocycles. The van der Waals surface area contributed by atoms with Crippen molar-refractivity contribution < 1.29 is 19.5 Å². The molecule has 11 heteroatoms. The van der Waals surface area contributed by atoms with E-state index in [0.29, 0.717) is 6.07 Å². The summed E-state index contributed by atoms with van der Waals surface area (Å²) in [4.78, 5) is 29.2. The van der Waals surface area contributed by atoms with E-state index in [1.165, 1.54) is 6.92 Å². The van der Waals surface area contributed by atoms with Gasteiger partial charge in [0.2, 0.25) is 0 Å². The number of nitro benzene ring substituents is 3. The Morgan fingerprint density at radius 3 is 2.00 bits per heavy atom. The van der Waals surface area contributed by atoms with Crippen LogP contribution in [0.1, 0.15) is 6.92 Å². The molecule has 0 fully saturated rings. The van der Waals surface area contributed by atoms with Crippen LogP contribution in [-0.2, 0) is 0 Å². The summed E-state index contributed by atoms with van der Waals surface area (Å²) in [6.07, 6.45) is 0. The van der Waals surface area contributed by atoms with Crippen LogP contribution >= 0.6 is 0 Å². The van der Waals surface area contributed by atoms with Crippen LogP contribution in [0.25, 0.3) is 0 Å². The first kappa shape index (κ1) is 14.1. The number of rotatable bonds is 5. The summed E-state index contributed by atoms with van der Waals surface area (Å²) in [7, 11) is 0. The van der Waals surface area contributed by atoms with Crippen molar-refractivity contribution >= 4 is 22.7 Å². The minimum atomic E-state index is -1.06. The van der Waals surface area contributed by atoms with Gasteiger partial charge in [0.05, 0.1) is 21.4 Å². The zero-order valence-electron chi connectivity index (χ0n) is 9.56. The van der Waals surface area contributed by atoms with Crippen LogP contribution in [0, 0.1) is 30.3 Å². The van der Waals surface area contributed by atoms with Crippen molar-refractivity contribution in [1.82, 2.24) is 0 Å². The smallest absolute Gasteiger partial charge is 0.348 e. The van der Waals surface area contributed by atoms with Gasteiger partial charge in [0.25, 0.3) is 5.75 Å². The highest BCUT2D eigenvalue weighted by atomic mass is 16.6. The second kappa shape index (κ2) is 5.12. The number of nitrogens with two attached hydrogens (primary N) is 1. The number of hydrogen-bond donors (Lipinski definition) is 1. The third-order valence-corrected chi connectivity index (χ3v) is 2.12. The summed E-state index contributed by atoms with van der Waals surface area (Å²) in [5.41, 5.74) is 1.73. The van der Waals surface area contributed by atoms with Crippen molar-refractivity contribution in [2.45, 2.75) is 6.92 Å². The van der Waals surface area contributed by atoms with Gasteiger partial charge in [0.15, 0.2) is 5.69 Å². The molecule has 0 radical (unpaired) electrons. The van der Waals surface area contributed by atoms with Crippen LogP contribution in [0.5, 0.6) is 5.75 Å². The quantitative estimate of drug-likeness (QED) is 0.476. The van der Waals surface area contributed by atoms with Gasteiger partial charge in [-0.3, -0.25) is 30.3 Å². The highest BCUT2D eigenvalue weighted by Gasteiger charge is 2.36. The highest BCUT2D eigenvalue weighted by Crippen LogP contribution is 2.46. The fourth-order valence-corrected chi connectivity index (χ4v) is 1.39. The predicted molar refractivity (Wildman–Crippen MR) is 62.0 cm³/mol. The Labute approximate surface area is 105 Å². The minimum Gasteiger partial charge on any atom is -0.482 e. The standard InChI is InChI=1S/C8H8N4O7/c1-2-19-8-5(11(15)16)3-4(10(13)14)6(9)7(8)12(17)18/h3H,2,9H2,1H3. The first-order chi connectivity index (χ1) is 8.81. The van der Waals surface area contributed by atoms with Gasteiger partial charge in [0.1, 0.15) is 6.07 Å². The van der Waals surface area contributed by atoms with Gasteiger partial charge in [-0.15, -0.1) is 0 Å². The van der Waals surface area contributed by atoms with Crippen molar-refractivity contribution in [3.8, 4) is 5.75 Å². The van der Waals surface area contributed by atoms with Crippen LogP contribution in [-0.4, -0.2) is 21.4 Å². The maximum absolute atomic E-state index is 10.9. The van der Waals surface area contributed by atoms with Crippen molar-refractivity contribution in [3.05, 3.63) is 36.4 Å². The molecule has 0 spiro atoms. The van der Waals surface area contributed by atoms with Crippen molar-refractivity contribution in [2.75, 3.05) is 12.3 Å². The number of nitrogens with zero attached hydrogens (tertiary/aromatic N) is 3. The third kappa shape index (κ3) is 2.48. The first-order valence-electron chi connectivity index (χ1n) is 4.83. The van der Waals surface area contributed by atoms with Gasteiger partial charge in [-0.1, -0.05) is 0 Å². The van der Waals surface area contributed by atoms with Crippen molar-refractivity contribution in [2.24, 2.45) is 0 Å². The van der Waals surface area contributed by atoms with Gasteiger partial charge >= 0.3 is 17.1 Å². The Balaban J connectivity index is 3.77. The fraction of sp³-hybridized carbons (Fsp3) is 0.250. The number of hydrogen-bond acceptors (Lipinski definition) is 8. The maximum Gasteiger partial charge on any atom is 0.348 e. The van der Waals surface area contributed by atoms with Crippen LogP contribution in [0.15, 0.2) is 6.07 Å². The molecule has 0 heterocycles. The van der Waals surface area contributed by atoms with Gasteiger partial charge in [-0.25, -0.2) is 0 Å². The fourth-order valence-electron chi connectivity index (χ4n) is 1.39. The molecule has 1 aromatic rings. The molecular formula is C8H8N4O7. The second-order valence-corrected chi connectivity index (χ2v) is 3.21. The van der Waals surface area contributed by atoms with E-state index >= 15 is 0 Å². The van der Waals surface area contributed by atoms with Crippen molar-refractivity contribution in [3.63, 3.8) is 0 Å². The van der Waals surface area contributed by atoms with E-state index in [9.17, 15) is 30.3 Å². The summed E-state index contributed by atoms with van der Waals surface area (Å²) >= 11 is 0. The number of nitro groups is 3.